The molecule has 0 fully saturated rings. The summed E-state index contributed by atoms with van der Waals surface area (Å²) in [7, 11) is -1.93. The molecule has 8 nitrogen and oxygen atoms in total. The first kappa shape index (κ1) is 52.3. The van der Waals surface area contributed by atoms with Gasteiger partial charge in [-0.1, -0.05) is 109 Å². The van der Waals surface area contributed by atoms with Crippen LogP contribution in [-0.4, -0.2) is 84.8 Å². The Morgan fingerprint density at radius 2 is 0.973 bits per heavy atom. The van der Waals surface area contributed by atoms with Gasteiger partial charge in [-0.2, -0.15) is 0 Å². The number of benzene rings is 6. The van der Waals surface area contributed by atoms with Crippen molar-refractivity contribution in [2.24, 2.45) is 0 Å². The van der Waals surface area contributed by atoms with Gasteiger partial charge in [-0.05, 0) is 139 Å². The number of rotatable bonds is 18. The average Bonchev–Trinajstić information content (AvgIpc) is 3.88. The van der Waals surface area contributed by atoms with Gasteiger partial charge in [0.05, 0.1) is 11.4 Å². The van der Waals surface area contributed by atoms with E-state index in [-0.39, 0.29) is 5.04 Å². The fourth-order valence-electron chi connectivity index (χ4n) is 9.85. The van der Waals surface area contributed by atoms with Crippen molar-refractivity contribution in [3.8, 4) is 45.5 Å². The number of ether oxygens (including phenoxy) is 2. The van der Waals surface area contributed by atoms with Gasteiger partial charge < -0.3 is 37.9 Å². The number of thioether (sulfide) groups is 2. The molecule has 11 heteroatoms. The SMILES string of the molecule is CCN(CC)CCOc1ccc(Cn2c3c(c4cc(O)ccc42)CSc2ccccc2-3)cc1.CCN(CC)CCOc1ccc(Cn2c3c(c4cc(O[Si](C)(C)C(C)(C)C)ccc42)CSc2ccccc2-3)cc1. The van der Waals surface area contributed by atoms with Gasteiger partial charge in [0, 0.05) is 80.4 Å². The molecular formula is C62H74N4O4S2Si. The first-order chi connectivity index (χ1) is 35.3. The zero-order chi connectivity index (χ0) is 51.3. The third kappa shape index (κ3) is 11.6. The Labute approximate surface area is 443 Å². The molecule has 2 aromatic heterocycles. The van der Waals surface area contributed by atoms with E-state index in [1.54, 1.807) is 6.07 Å². The lowest BCUT2D eigenvalue weighted by molar-refractivity contribution is 0.222. The maximum absolute atomic E-state index is 10.2. The molecule has 0 saturated carbocycles. The van der Waals surface area contributed by atoms with Crippen LogP contribution in [0.25, 0.3) is 44.3 Å². The molecule has 0 aliphatic carbocycles. The summed E-state index contributed by atoms with van der Waals surface area (Å²) in [6.45, 7) is 29.4. The third-order valence-corrected chi connectivity index (χ3v) is 21.7. The summed E-state index contributed by atoms with van der Waals surface area (Å²) in [5.41, 5.74) is 12.9. The number of likely N-dealkylation sites (N-methyl/N-ethyl adjacent to an activating group) is 2. The number of phenols is 1. The van der Waals surface area contributed by atoms with E-state index in [1.807, 2.05) is 35.7 Å². The monoisotopic (exact) mass is 1030 g/mol. The van der Waals surface area contributed by atoms with E-state index in [9.17, 15) is 5.11 Å². The highest BCUT2D eigenvalue weighted by atomic mass is 32.2. The summed E-state index contributed by atoms with van der Waals surface area (Å²) in [4.78, 5) is 7.42. The highest BCUT2D eigenvalue weighted by Crippen LogP contribution is 2.49. The molecule has 1 N–H and O–H groups in total. The summed E-state index contributed by atoms with van der Waals surface area (Å²) >= 11 is 3.81. The van der Waals surface area contributed by atoms with Crippen molar-refractivity contribution in [2.75, 3.05) is 52.5 Å². The molecule has 0 spiro atoms. The number of aromatic nitrogens is 2. The summed E-state index contributed by atoms with van der Waals surface area (Å²) in [5, 5.41) is 12.8. The smallest absolute Gasteiger partial charge is 0.250 e. The van der Waals surface area contributed by atoms with Crippen molar-refractivity contribution >= 4 is 53.6 Å². The first-order valence-electron chi connectivity index (χ1n) is 26.3. The molecule has 0 unspecified atom stereocenters. The van der Waals surface area contributed by atoms with Crippen molar-refractivity contribution in [1.82, 2.24) is 18.9 Å². The Bertz CT molecular complexity index is 3150. The summed E-state index contributed by atoms with van der Waals surface area (Å²) < 4.78 is 23.7. The largest absolute Gasteiger partial charge is 0.543 e. The Balaban J connectivity index is 0.000000183. The molecule has 0 amide bonds. The van der Waals surface area contributed by atoms with Gasteiger partial charge in [-0.15, -0.1) is 23.5 Å². The molecule has 6 aromatic carbocycles. The van der Waals surface area contributed by atoms with E-state index in [4.69, 9.17) is 13.9 Å². The van der Waals surface area contributed by atoms with E-state index >= 15 is 0 Å². The van der Waals surface area contributed by atoms with Gasteiger partial charge in [-0.25, -0.2) is 0 Å². The van der Waals surface area contributed by atoms with Crippen molar-refractivity contribution < 1.29 is 19.0 Å². The van der Waals surface area contributed by atoms with Gasteiger partial charge in [0.2, 0.25) is 8.32 Å². The molecule has 0 saturated heterocycles. The Hall–Kier alpha value is -5.56. The molecule has 382 valence electrons. The van der Waals surface area contributed by atoms with Gasteiger partial charge in [0.15, 0.2) is 0 Å². The molecule has 2 aliphatic rings. The van der Waals surface area contributed by atoms with E-state index in [2.05, 4.69) is 196 Å². The van der Waals surface area contributed by atoms with Crippen LogP contribution in [0.1, 0.15) is 70.7 Å². The number of hydrogen-bond acceptors (Lipinski definition) is 8. The first-order valence-corrected chi connectivity index (χ1v) is 31.2. The van der Waals surface area contributed by atoms with Gasteiger partial charge >= 0.3 is 0 Å². The number of aromatic hydroxyl groups is 1. The number of phenolic OH excluding ortho intramolecular Hbond substituents is 1. The molecule has 2 aliphatic heterocycles. The highest BCUT2D eigenvalue weighted by molar-refractivity contribution is 7.99. The Morgan fingerprint density at radius 3 is 1.42 bits per heavy atom. The second-order valence-corrected chi connectivity index (χ2v) is 27.4. The molecule has 0 radical (unpaired) electrons. The van der Waals surface area contributed by atoms with Crippen LogP contribution in [0.3, 0.4) is 0 Å². The van der Waals surface area contributed by atoms with E-state index < -0.39 is 8.32 Å². The van der Waals surface area contributed by atoms with E-state index in [0.717, 1.165) is 92.0 Å². The van der Waals surface area contributed by atoms with Crippen LogP contribution in [0.2, 0.25) is 18.1 Å². The molecule has 4 heterocycles. The van der Waals surface area contributed by atoms with Crippen molar-refractivity contribution in [1.29, 1.82) is 0 Å². The molecule has 73 heavy (non-hydrogen) atoms. The lowest BCUT2D eigenvalue weighted by Gasteiger charge is -2.36. The van der Waals surface area contributed by atoms with Crippen LogP contribution >= 0.6 is 23.5 Å². The summed E-state index contributed by atoms with van der Waals surface area (Å²) in [5.74, 6) is 5.05. The molecule has 10 rings (SSSR count). The molecular weight excluding hydrogens is 957 g/mol. The molecule has 8 aromatic rings. The van der Waals surface area contributed by atoms with E-state index in [1.165, 1.54) is 65.5 Å². The maximum Gasteiger partial charge on any atom is 0.250 e. The average molecular weight is 1030 g/mol. The normalized spacial score (nSPS) is 13.1. The highest BCUT2D eigenvalue weighted by Gasteiger charge is 2.39. The predicted octanol–water partition coefficient (Wildman–Crippen LogP) is 15.5. The second-order valence-electron chi connectivity index (χ2n) is 20.7. The minimum absolute atomic E-state index is 0.156. The van der Waals surface area contributed by atoms with Crippen LogP contribution in [0.5, 0.6) is 23.0 Å². The minimum Gasteiger partial charge on any atom is -0.543 e. The van der Waals surface area contributed by atoms with Crippen LogP contribution < -0.4 is 13.9 Å². The molecule has 0 atom stereocenters. The predicted molar refractivity (Wildman–Crippen MR) is 311 cm³/mol. The zero-order valence-electron chi connectivity index (χ0n) is 44.5. The van der Waals surface area contributed by atoms with Crippen LogP contribution in [-0.2, 0) is 24.6 Å². The van der Waals surface area contributed by atoms with Crippen LogP contribution in [0.4, 0.5) is 0 Å². The van der Waals surface area contributed by atoms with Crippen molar-refractivity contribution in [3.63, 3.8) is 0 Å². The maximum atomic E-state index is 10.2. The molecule has 0 bridgehead atoms. The van der Waals surface area contributed by atoms with E-state index in [0.29, 0.717) is 19.0 Å². The standard InChI is InChI=1S/C34H44N2O2SSi.C28H30N2O2S/c1-8-35(9-2)20-21-37-26-16-14-25(15-17-26)23-36-31-19-18-27(38-40(6,7)34(3,4)5)22-29(31)30-24-39-32-13-11-10-12-28(32)33(30)36;1-3-29(4-2)15-16-32-22-12-9-20(10-13-22)18-30-26-14-11-21(31)17-24(26)25-19-33-27-8-6-5-7-23(27)28(25)30/h10-19,22H,8-9,20-21,23-24H2,1-7H3;5-14,17,31H,3-4,15-16,18-19H2,1-2H3. The number of nitrogens with zero attached hydrogens (tertiary/aromatic N) is 4. The fraction of sp³-hybridized carbons (Fsp3) is 0.355. The minimum atomic E-state index is -1.93. The number of hydrogen-bond donors (Lipinski definition) is 1. The Morgan fingerprint density at radius 1 is 0.548 bits per heavy atom. The van der Waals surface area contributed by atoms with Gasteiger partial charge in [0.25, 0.3) is 0 Å². The fourth-order valence-corrected chi connectivity index (χ4v) is 13.0. The van der Waals surface area contributed by atoms with Gasteiger partial charge in [0.1, 0.15) is 36.2 Å². The lowest BCUT2D eigenvalue weighted by atomic mass is 10.1. The second kappa shape index (κ2) is 22.9. The summed E-state index contributed by atoms with van der Waals surface area (Å²) in [6, 6.07) is 47.1. The zero-order valence-corrected chi connectivity index (χ0v) is 47.1. The summed E-state index contributed by atoms with van der Waals surface area (Å²) in [6.07, 6.45) is 0. The third-order valence-electron chi connectivity index (χ3n) is 15.2. The van der Waals surface area contributed by atoms with Crippen LogP contribution in [0.15, 0.2) is 143 Å². The lowest BCUT2D eigenvalue weighted by Crippen LogP contribution is -2.43. The topological polar surface area (TPSA) is 64.3 Å². The van der Waals surface area contributed by atoms with Crippen LogP contribution in [0, 0.1) is 0 Å². The Kier molecular flexibility index (Phi) is 16.4. The quantitative estimate of drug-likeness (QED) is 0.0853. The van der Waals surface area contributed by atoms with Crippen molar-refractivity contribution in [2.45, 2.75) is 101 Å². The van der Waals surface area contributed by atoms with Gasteiger partial charge in [-0.3, -0.25) is 0 Å². The van der Waals surface area contributed by atoms with Crippen molar-refractivity contribution in [3.05, 3.63) is 156 Å². The number of fused-ring (bicyclic) bond motifs is 10.